The second-order valence-electron chi connectivity index (χ2n) is 2.81. The number of rotatable bonds is 8. The predicted molar refractivity (Wildman–Crippen MR) is 50.6 cm³/mol. The molecule has 1 unspecified atom stereocenters. The highest BCUT2D eigenvalue weighted by Gasteiger charge is 2.03. The molecule has 0 aromatic carbocycles. The Kier molecular flexibility index (Phi) is 7.48. The van der Waals surface area contributed by atoms with Gasteiger partial charge in [-0.3, -0.25) is 4.79 Å². The molecule has 0 aromatic rings. The summed E-state index contributed by atoms with van der Waals surface area (Å²) in [4.78, 5) is 10.5. The lowest BCUT2D eigenvalue weighted by Crippen LogP contribution is -2.33. The molecule has 4 nitrogen and oxygen atoms in total. The Morgan fingerprint density at radius 2 is 2.46 bits per heavy atom. The van der Waals surface area contributed by atoms with Gasteiger partial charge in [-0.15, -0.1) is 6.58 Å². The van der Waals surface area contributed by atoms with Gasteiger partial charge < -0.3 is 15.2 Å². The van der Waals surface area contributed by atoms with E-state index in [4.69, 9.17) is 4.74 Å². The van der Waals surface area contributed by atoms with E-state index in [2.05, 4.69) is 11.9 Å². The van der Waals surface area contributed by atoms with Gasteiger partial charge in [-0.2, -0.15) is 0 Å². The number of carbonyl (C=O) groups excluding carboxylic acids is 1. The van der Waals surface area contributed by atoms with E-state index < -0.39 is 6.10 Å². The van der Waals surface area contributed by atoms with Crippen LogP contribution in [0.2, 0.25) is 0 Å². The van der Waals surface area contributed by atoms with Crippen molar-refractivity contribution in [1.29, 1.82) is 0 Å². The molecule has 0 heterocycles. The summed E-state index contributed by atoms with van der Waals surface area (Å²) >= 11 is 0. The maximum Gasteiger partial charge on any atom is 0.143 e. The smallest absolute Gasteiger partial charge is 0.143 e. The van der Waals surface area contributed by atoms with Crippen molar-refractivity contribution in [2.75, 3.05) is 26.3 Å². The third-order valence-corrected chi connectivity index (χ3v) is 1.30. The normalized spacial score (nSPS) is 12.5. The first kappa shape index (κ1) is 12.3. The van der Waals surface area contributed by atoms with Crippen LogP contribution in [0.4, 0.5) is 0 Å². The molecule has 0 aromatic heterocycles. The topological polar surface area (TPSA) is 58.6 Å². The minimum absolute atomic E-state index is 0.0548. The van der Waals surface area contributed by atoms with Gasteiger partial charge >= 0.3 is 0 Å². The van der Waals surface area contributed by atoms with Gasteiger partial charge in [0.15, 0.2) is 0 Å². The maximum absolute atomic E-state index is 10.5. The summed E-state index contributed by atoms with van der Waals surface area (Å²) in [6, 6.07) is 0. The summed E-state index contributed by atoms with van der Waals surface area (Å²) in [6.45, 7) is 6.33. The fourth-order valence-corrected chi connectivity index (χ4v) is 0.761. The van der Waals surface area contributed by atoms with E-state index >= 15 is 0 Å². The third-order valence-electron chi connectivity index (χ3n) is 1.30. The fourth-order valence-electron chi connectivity index (χ4n) is 0.761. The Morgan fingerprint density at radius 1 is 1.77 bits per heavy atom. The molecule has 0 radical (unpaired) electrons. The molecule has 0 saturated carbocycles. The van der Waals surface area contributed by atoms with Gasteiger partial charge in [-0.25, -0.2) is 0 Å². The summed E-state index contributed by atoms with van der Waals surface area (Å²) in [7, 11) is 0. The monoisotopic (exact) mass is 187 g/mol. The first-order chi connectivity index (χ1) is 6.16. The Labute approximate surface area is 78.6 Å². The van der Waals surface area contributed by atoms with E-state index in [1.165, 1.54) is 6.92 Å². The summed E-state index contributed by atoms with van der Waals surface area (Å²) < 4.78 is 5.01. The Morgan fingerprint density at radius 3 is 3.00 bits per heavy atom. The maximum atomic E-state index is 10.5. The molecule has 13 heavy (non-hydrogen) atoms. The molecule has 0 spiro atoms. The van der Waals surface area contributed by atoms with Gasteiger partial charge in [0.05, 0.1) is 25.9 Å². The van der Waals surface area contributed by atoms with Crippen LogP contribution in [0.5, 0.6) is 0 Å². The van der Waals surface area contributed by atoms with Crippen molar-refractivity contribution in [1.82, 2.24) is 5.32 Å². The van der Waals surface area contributed by atoms with Crippen LogP contribution < -0.4 is 5.32 Å². The number of hydrogen-bond acceptors (Lipinski definition) is 4. The van der Waals surface area contributed by atoms with Crippen molar-refractivity contribution in [2.45, 2.75) is 13.0 Å². The van der Waals surface area contributed by atoms with Crippen LogP contribution in [0.25, 0.3) is 0 Å². The first-order valence-electron chi connectivity index (χ1n) is 4.23. The van der Waals surface area contributed by atoms with Crippen molar-refractivity contribution in [3.63, 3.8) is 0 Å². The highest BCUT2D eigenvalue weighted by Crippen LogP contribution is 1.83. The number of ether oxygens (including phenoxy) is 1. The number of nitrogens with one attached hydrogen (secondary N) is 1. The first-order valence-corrected chi connectivity index (χ1v) is 4.23. The van der Waals surface area contributed by atoms with Crippen LogP contribution >= 0.6 is 0 Å². The van der Waals surface area contributed by atoms with Crippen LogP contribution in [-0.2, 0) is 9.53 Å². The van der Waals surface area contributed by atoms with Crippen molar-refractivity contribution in [3.8, 4) is 0 Å². The van der Waals surface area contributed by atoms with Gasteiger partial charge in [-0.05, 0) is 6.92 Å². The lowest BCUT2D eigenvalue weighted by Gasteiger charge is -2.10. The average molecular weight is 187 g/mol. The van der Waals surface area contributed by atoms with Crippen molar-refractivity contribution < 1.29 is 14.6 Å². The molecule has 0 fully saturated rings. The summed E-state index contributed by atoms with van der Waals surface area (Å²) in [5, 5.41) is 12.1. The number of ketones is 1. The highest BCUT2D eigenvalue weighted by molar-refractivity contribution is 5.77. The molecule has 1 atom stereocenters. The van der Waals surface area contributed by atoms with Gasteiger partial charge in [0.1, 0.15) is 5.78 Å². The zero-order valence-corrected chi connectivity index (χ0v) is 7.95. The molecule has 0 aliphatic rings. The molecule has 0 aliphatic heterocycles. The van der Waals surface area contributed by atoms with Crippen LogP contribution in [-0.4, -0.2) is 43.3 Å². The molecule has 76 valence electrons. The molecular formula is C9H17NO3. The quantitative estimate of drug-likeness (QED) is 0.405. The van der Waals surface area contributed by atoms with E-state index in [1.807, 2.05) is 0 Å². The predicted octanol–water partition coefficient (Wildman–Crippen LogP) is -0.272. The minimum Gasteiger partial charge on any atom is -0.389 e. The lowest BCUT2D eigenvalue weighted by atomic mass is 10.3. The average Bonchev–Trinajstić information content (AvgIpc) is 2.04. The van der Waals surface area contributed by atoms with E-state index in [-0.39, 0.29) is 12.4 Å². The zero-order chi connectivity index (χ0) is 10.1. The van der Waals surface area contributed by atoms with E-state index in [0.717, 1.165) is 0 Å². The van der Waals surface area contributed by atoms with Crippen LogP contribution in [0, 0.1) is 0 Å². The molecule has 4 heteroatoms. The number of aliphatic hydroxyl groups excluding tert-OH is 1. The zero-order valence-electron chi connectivity index (χ0n) is 7.95. The third kappa shape index (κ3) is 9.20. The standard InChI is InChI=1S/C9H17NO3/c1-3-4-13-7-9(12)6-10-5-8(2)11/h3,9-10,12H,1,4-7H2,2H3. The summed E-state index contributed by atoms with van der Waals surface area (Å²) in [5.41, 5.74) is 0. The van der Waals surface area contributed by atoms with E-state index in [9.17, 15) is 9.90 Å². The van der Waals surface area contributed by atoms with Crippen molar-refractivity contribution in [3.05, 3.63) is 12.7 Å². The second kappa shape index (κ2) is 7.91. The Bertz CT molecular complexity index is 159. The van der Waals surface area contributed by atoms with Gasteiger partial charge in [0.25, 0.3) is 0 Å². The number of hydrogen-bond donors (Lipinski definition) is 2. The van der Waals surface area contributed by atoms with Gasteiger partial charge in [0, 0.05) is 6.54 Å². The van der Waals surface area contributed by atoms with Crippen LogP contribution in [0.15, 0.2) is 12.7 Å². The second-order valence-corrected chi connectivity index (χ2v) is 2.81. The molecule has 2 N–H and O–H groups in total. The van der Waals surface area contributed by atoms with Gasteiger partial charge in [-0.1, -0.05) is 6.08 Å². The van der Waals surface area contributed by atoms with E-state index in [0.29, 0.717) is 19.7 Å². The minimum atomic E-state index is -0.570. The summed E-state index contributed by atoms with van der Waals surface area (Å²) in [5.74, 6) is 0.0548. The molecule has 0 amide bonds. The lowest BCUT2D eigenvalue weighted by molar-refractivity contribution is -0.116. The van der Waals surface area contributed by atoms with Crippen molar-refractivity contribution in [2.24, 2.45) is 0 Å². The number of aliphatic hydroxyl groups is 1. The molecule has 0 saturated heterocycles. The molecule has 0 bridgehead atoms. The number of carbonyl (C=O) groups is 1. The Hall–Kier alpha value is -0.710. The Balaban J connectivity index is 3.24. The fraction of sp³-hybridized carbons (Fsp3) is 0.667. The van der Waals surface area contributed by atoms with Crippen molar-refractivity contribution >= 4 is 5.78 Å². The molecule has 0 rings (SSSR count). The highest BCUT2D eigenvalue weighted by atomic mass is 16.5. The molecular weight excluding hydrogens is 170 g/mol. The molecule has 0 aliphatic carbocycles. The van der Waals surface area contributed by atoms with Gasteiger partial charge in [0.2, 0.25) is 0 Å². The summed E-state index contributed by atoms with van der Waals surface area (Å²) in [6.07, 6.45) is 1.05. The largest absolute Gasteiger partial charge is 0.389 e. The van der Waals surface area contributed by atoms with Crippen LogP contribution in [0.1, 0.15) is 6.92 Å². The number of Topliss-reactive ketones (excluding diaryl/α,β-unsaturated/α-hetero) is 1. The van der Waals surface area contributed by atoms with E-state index in [1.54, 1.807) is 6.08 Å². The van der Waals surface area contributed by atoms with Crippen LogP contribution in [0.3, 0.4) is 0 Å². The SMILES string of the molecule is C=CCOCC(O)CNCC(C)=O.